The average molecular weight is 740 g/mol. The van der Waals surface area contributed by atoms with Crippen LogP contribution in [0.1, 0.15) is 92.4 Å². The Morgan fingerprint density at radius 2 is 1.21 bits per heavy atom. The van der Waals surface area contributed by atoms with Gasteiger partial charge in [0.05, 0.1) is 0 Å². The molecule has 0 aromatic carbocycles. The fourth-order valence-electron chi connectivity index (χ4n) is 1.94. The van der Waals surface area contributed by atoms with Gasteiger partial charge in [0.15, 0.2) is 0 Å². The number of hydrogen-bond acceptors (Lipinski definition) is 2. The van der Waals surface area contributed by atoms with E-state index in [9.17, 15) is 9.59 Å². The second-order valence-electron chi connectivity index (χ2n) is 7.55. The number of carbonyl (C=O) groups is 2. The van der Waals surface area contributed by atoms with Crippen molar-refractivity contribution >= 4 is 64.3 Å². The summed E-state index contributed by atoms with van der Waals surface area (Å²) in [7, 11) is 0. The van der Waals surface area contributed by atoms with Gasteiger partial charge in [-0.25, -0.2) is 0 Å². The molecule has 0 aliphatic carbocycles. The molecular weight excluding hydrogens is 698 g/mol. The van der Waals surface area contributed by atoms with Crippen molar-refractivity contribution in [1.29, 1.82) is 0 Å². The van der Waals surface area contributed by atoms with E-state index in [1.54, 1.807) is 0 Å². The Morgan fingerprint density at radius 3 is 1.54 bits per heavy atom. The van der Waals surface area contributed by atoms with E-state index in [1.807, 2.05) is 0 Å². The van der Waals surface area contributed by atoms with Crippen molar-refractivity contribution in [3.8, 4) is 0 Å². The monoisotopic (exact) mass is 740 g/mol. The Kier molecular flexibility index (Phi) is 27.0. The molecule has 24 heavy (non-hydrogen) atoms. The van der Waals surface area contributed by atoms with Crippen molar-refractivity contribution in [3.63, 3.8) is 0 Å². The van der Waals surface area contributed by atoms with Crippen LogP contribution in [0.3, 0.4) is 0 Å². The summed E-state index contributed by atoms with van der Waals surface area (Å²) in [5.74, 6) is -0.650. The number of carboxylic acids is 2. The van der Waals surface area contributed by atoms with Gasteiger partial charge in [-0.15, -0.1) is 0 Å². The molecule has 148 valence electrons. The van der Waals surface area contributed by atoms with Crippen molar-refractivity contribution in [1.82, 2.24) is 0 Å². The number of unbranched alkanes of at least 4 members (excludes halogenated alkanes) is 3. The van der Waals surface area contributed by atoms with Gasteiger partial charge in [-0.05, 0) is 30.6 Å². The number of aliphatic carboxylic acids is 2. The first-order chi connectivity index (χ1) is 10.0. The standard InChI is InChI=1S/C10H20O2.C8H16O2.2Bi.6H/c1-10(2,3)8-6-4-5-7-9(11)12;1-7(2)5-3-4-6-8(9)10;;;;;;;;/h4-8H2,1-3H3,(H,11,12);7H,3-6H2,1-2H3,(H,9,10);;;;;;;;. The second-order valence-corrected chi connectivity index (χ2v) is 7.55. The topological polar surface area (TPSA) is 74.6 Å². The summed E-state index contributed by atoms with van der Waals surface area (Å²) in [4.78, 5) is 20.2. The van der Waals surface area contributed by atoms with Crippen LogP contribution in [0.5, 0.6) is 0 Å². The van der Waals surface area contributed by atoms with E-state index < -0.39 is 11.9 Å². The fraction of sp³-hybridized carbons (Fsp3) is 0.889. The zero-order chi connectivity index (χ0) is 17.6. The Morgan fingerprint density at radius 1 is 0.792 bits per heavy atom. The summed E-state index contributed by atoms with van der Waals surface area (Å²) in [6, 6.07) is 0. The molecule has 6 heteroatoms. The Balaban J connectivity index is -0.000000156. The van der Waals surface area contributed by atoms with Crippen LogP contribution in [-0.4, -0.2) is 74.6 Å². The molecule has 0 aliphatic heterocycles. The molecule has 0 saturated heterocycles. The molecule has 2 N–H and O–H groups in total. The van der Waals surface area contributed by atoms with Crippen molar-refractivity contribution < 1.29 is 19.8 Å². The predicted octanol–water partition coefficient (Wildman–Crippen LogP) is 2.99. The van der Waals surface area contributed by atoms with Crippen LogP contribution in [0.2, 0.25) is 0 Å². The number of carboxylic acid groups (broad SMARTS) is 2. The van der Waals surface area contributed by atoms with Crippen LogP contribution in [-0.2, 0) is 9.59 Å². The normalized spacial score (nSPS) is 10.1. The molecule has 0 aromatic heterocycles. The maximum atomic E-state index is 10.2. The fourth-order valence-corrected chi connectivity index (χ4v) is 1.94. The van der Waals surface area contributed by atoms with Crippen LogP contribution >= 0.6 is 0 Å². The summed E-state index contributed by atoms with van der Waals surface area (Å²) in [6.07, 6.45) is 7.88. The van der Waals surface area contributed by atoms with E-state index in [1.165, 1.54) is 6.42 Å². The summed E-state index contributed by atoms with van der Waals surface area (Å²) >= 11 is 0. The van der Waals surface area contributed by atoms with Gasteiger partial charge in [-0.1, -0.05) is 60.3 Å². The third-order valence-electron chi connectivity index (χ3n) is 3.24. The summed E-state index contributed by atoms with van der Waals surface area (Å²) < 4.78 is 0. The van der Waals surface area contributed by atoms with Crippen molar-refractivity contribution in [2.45, 2.75) is 92.4 Å². The molecule has 0 aliphatic rings. The molecule has 0 bridgehead atoms. The van der Waals surface area contributed by atoms with Gasteiger partial charge in [-0.3, -0.25) is 9.59 Å². The van der Waals surface area contributed by atoms with E-state index >= 15 is 0 Å². The first-order valence-electron chi connectivity index (χ1n) is 8.48. The summed E-state index contributed by atoms with van der Waals surface area (Å²) in [5.41, 5.74) is 0.392. The van der Waals surface area contributed by atoms with Crippen LogP contribution < -0.4 is 0 Å². The Bertz CT molecular complexity index is 300. The molecule has 0 saturated carbocycles. The van der Waals surface area contributed by atoms with Gasteiger partial charge >= 0.3 is 64.3 Å². The molecule has 0 aromatic rings. The second kappa shape index (κ2) is 20.0. The molecule has 4 nitrogen and oxygen atoms in total. The first-order valence-corrected chi connectivity index (χ1v) is 8.48. The van der Waals surface area contributed by atoms with Gasteiger partial charge in [0, 0.05) is 12.8 Å². The van der Waals surface area contributed by atoms with Crippen molar-refractivity contribution in [2.75, 3.05) is 0 Å². The Hall–Kier alpha value is 0.706. The third-order valence-corrected chi connectivity index (χ3v) is 3.24. The molecule has 0 amide bonds. The molecule has 0 spiro atoms. The summed E-state index contributed by atoms with van der Waals surface area (Å²) in [5, 5.41) is 16.7. The molecule has 0 radical (unpaired) electrons. The third kappa shape index (κ3) is 38.3. The minimum absolute atomic E-state index is 0. The van der Waals surface area contributed by atoms with Gasteiger partial charge in [0.25, 0.3) is 0 Å². The van der Waals surface area contributed by atoms with Crippen molar-refractivity contribution in [3.05, 3.63) is 0 Å². The minimum atomic E-state index is -0.677. The van der Waals surface area contributed by atoms with Crippen LogP contribution in [0.15, 0.2) is 0 Å². The van der Waals surface area contributed by atoms with Crippen molar-refractivity contribution in [2.24, 2.45) is 11.3 Å². The van der Waals surface area contributed by atoms with Gasteiger partial charge < -0.3 is 10.2 Å². The number of rotatable bonds is 10. The molecule has 0 fully saturated rings. The van der Waals surface area contributed by atoms with Crippen LogP contribution in [0.4, 0.5) is 0 Å². The van der Waals surface area contributed by atoms with E-state index in [-0.39, 0.29) is 52.4 Å². The molecule has 0 heterocycles. The zero-order valence-corrected chi connectivity index (χ0v) is 27.6. The van der Waals surface area contributed by atoms with E-state index in [4.69, 9.17) is 10.2 Å². The molecular formula is C18H42Bi2O4. The van der Waals surface area contributed by atoms with Gasteiger partial charge in [0.1, 0.15) is 0 Å². The van der Waals surface area contributed by atoms with E-state index in [0.717, 1.165) is 38.5 Å². The van der Waals surface area contributed by atoms with E-state index in [0.29, 0.717) is 24.2 Å². The predicted molar refractivity (Wildman–Crippen MR) is 111 cm³/mol. The quantitative estimate of drug-likeness (QED) is 0.267. The Labute approximate surface area is 186 Å². The van der Waals surface area contributed by atoms with Gasteiger partial charge in [0.2, 0.25) is 0 Å². The first kappa shape index (κ1) is 32.4. The molecule has 0 atom stereocenters. The molecule has 0 unspecified atom stereocenters. The zero-order valence-electron chi connectivity index (χ0n) is 16.6. The van der Waals surface area contributed by atoms with Crippen LogP contribution in [0.25, 0.3) is 0 Å². The SMILES string of the molecule is CC(C)(C)CCCCCC(=O)O.CC(C)CCCCC(=O)O.[BiH3].[BiH3]. The summed E-state index contributed by atoms with van der Waals surface area (Å²) in [6.45, 7) is 10.9. The van der Waals surface area contributed by atoms with Gasteiger partial charge in [-0.2, -0.15) is 0 Å². The average Bonchev–Trinajstić information content (AvgIpc) is 2.33. The number of hydrogen-bond donors (Lipinski definition) is 2. The van der Waals surface area contributed by atoms with E-state index in [2.05, 4.69) is 34.6 Å². The molecule has 0 rings (SSSR count). The maximum absolute atomic E-state index is 10.2. The van der Waals surface area contributed by atoms with Crippen LogP contribution in [0, 0.1) is 11.3 Å².